The summed E-state index contributed by atoms with van der Waals surface area (Å²) in [5, 5.41) is 1.64. The van der Waals surface area contributed by atoms with Gasteiger partial charge in [-0.3, -0.25) is 0 Å². The van der Waals surface area contributed by atoms with Crippen molar-refractivity contribution in [3.63, 3.8) is 0 Å². The van der Waals surface area contributed by atoms with E-state index in [1.54, 1.807) is 5.19 Å². The summed E-state index contributed by atoms with van der Waals surface area (Å²) in [6.45, 7) is 2.29. The van der Waals surface area contributed by atoms with Crippen molar-refractivity contribution < 1.29 is 0 Å². The highest BCUT2D eigenvalue weighted by atomic mass is 28.3. The van der Waals surface area contributed by atoms with Crippen molar-refractivity contribution >= 4 is 14.0 Å². The quantitative estimate of drug-likeness (QED) is 0.311. The fourth-order valence-corrected chi connectivity index (χ4v) is 6.13. The van der Waals surface area contributed by atoms with E-state index < -0.39 is 0 Å². The van der Waals surface area contributed by atoms with Crippen molar-refractivity contribution in [3.8, 4) is 0 Å². The van der Waals surface area contributed by atoms with Crippen LogP contribution in [-0.2, 0) is 6.42 Å². The van der Waals surface area contributed by atoms with Gasteiger partial charge in [-0.25, -0.2) is 0 Å². The molecule has 129 valence electrons. The van der Waals surface area contributed by atoms with Crippen LogP contribution in [0.5, 0.6) is 0 Å². The second-order valence-corrected chi connectivity index (χ2v) is 9.61. The first-order chi connectivity index (χ1) is 11.9. The van der Waals surface area contributed by atoms with Gasteiger partial charge in [-0.15, -0.1) is 0 Å². The maximum atomic E-state index is 2.37. The largest absolute Gasteiger partial charge is 0.0856 e. The Morgan fingerprint density at radius 1 is 0.625 bits per heavy atom. The normalized spacial score (nSPS) is 11.1. The Labute approximate surface area is 150 Å². The van der Waals surface area contributed by atoms with E-state index in [2.05, 4.69) is 67.6 Å². The molecule has 0 aliphatic heterocycles. The van der Waals surface area contributed by atoms with Crippen LogP contribution in [0.15, 0.2) is 60.7 Å². The summed E-state index contributed by atoms with van der Waals surface area (Å²) in [6.07, 6.45) is 11.0. The van der Waals surface area contributed by atoms with Gasteiger partial charge in [0, 0.05) is 0 Å². The molecule has 0 saturated carbocycles. The van der Waals surface area contributed by atoms with Crippen LogP contribution < -0.4 is 5.19 Å². The maximum Gasteiger partial charge on any atom is 0.0856 e. The van der Waals surface area contributed by atoms with Crippen molar-refractivity contribution in [2.75, 3.05) is 0 Å². The zero-order valence-electron chi connectivity index (χ0n) is 15.3. The summed E-state index contributed by atoms with van der Waals surface area (Å²) >= 11 is 0. The van der Waals surface area contributed by atoms with Gasteiger partial charge in [0.1, 0.15) is 0 Å². The van der Waals surface area contributed by atoms with Gasteiger partial charge in [0.15, 0.2) is 0 Å². The average molecular weight is 338 g/mol. The Bertz CT molecular complexity index is 520. The molecule has 1 heteroatoms. The molecule has 24 heavy (non-hydrogen) atoms. The smallest absolute Gasteiger partial charge is 0.0654 e. The van der Waals surface area contributed by atoms with E-state index in [9.17, 15) is 0 Å². The highest BCUT2D eigenvalue weighted by molar-refractivity contribution is 6.73. The van der Waals surface area contributed by atoms with E-state index in [0.717, 1.165) is 0 Å². The summed E-state index contributed by atoms with van der Waals surface area (Å²) in [4.78, 5) is 0. The van der Waals surface area contributed by atoms with Gasteiger partial charge in [0.2, 0.25) is 0 Å². The van der Waals surface area contributed by atoms with Gasteiger partial charge in [-0.2, -0.15) is 0 Å². The molecule has 0 unspecified atom stereocenters. The summed E-state index contributed by atoms with van der Waals surface area (Å²) in [5.74, 6) is 0. The predicted octanol–water partition coefficient (Wildman–Crippen LogP) is 6.38. The monoisotopic (exact) mass is 337 g/mol. The van der Waals surface area contributed by atoms with Crippen LogP contribution in [0.1, 0.15) is 57.4 Å². The predicted molar refractivity (Wildman–Crippen MR) is 110 cm³/mol. The number of hydrogen-bond acceptors (Lipinski definition) is 0. The Balaban J connectivity index is 1.77. The van der Waals surface area contributed by atoms with E-state index >= 15 is 0 Å². The number of hydrogen-bond donors (Lipinski definition) is 0. The summed E-state index contributed by atoms with van der Waals surface area (Å²) in [6, 6.07) is 25.2. The minimum atomic E-state index is -0.384. The van der Waals surface area contributed by atoms with Crippen LogP contribution in [0.25, 0.3) is 0 Å². The molecule has 0 fully saturated rings. The number of unbranched alkanes of at least 4 members (excludes halogenated alkanes) is 5. The Morgan fingerprint density at radius 3 is 1.92 bits per heavy atom. The molecule has 0 saturated heterocycles. The third-order valence-electron chi connectivity index (χ3n) is 4.80. The lowest BCUT2D eigenvalue weighted by Crippen LogP contribution is -2.29. The van der Waals surface area contributed by atoms with Crippen molar-refractivity contribution in [1.29, 1.82) is 0 Å². The van der Waals surface area contributed by atoms with Gasteiger partial charge < -0.3 is 0 Å². The minimum absolute atomic E-state index is 0.384. The fourth-order valence-electron chi connectivity index (χ4n) is 3.36. The number of aryl methyl sites for hydroxylation is 1. The maximum absolute atomic E-state index is 2.37. The summed E-state index contributed by atoms with van der Waals surface area (Å²) in [5.41, 5.74) is 1.49. The first kappa shape index (κ1) is 19.0. The third-order valence-corrected chi connectivity index (χ3v) is 7.87. The average Bonchev–Trinajstić information content (AvgIpc) is 2.64. The molecule has 0 spiro atoms. The van der Waals surface area contributed by atoms with Crippen LogP contribution in [0.4, 0.5) is 0 Å². The second-order valence-electron chi connectivity index (χ2n) is 6.83. The van der Waals surface area contributed by atoms with Gasteiger partial charge >= 0.3 is 0 Å². The summed E-state index contributed by atoms with van der Waals surface area (Å²) in [7, 11) is -0.384. The first-order valence-corrected chi connectivity index (χ1v) is 11.8. The lowest BCUT2D eigenvalue weighted by molar-refractivity contribution is 0.623. The van der Waals surface area contributed by atoms with E-state index in [0.29, 0.717) is 0 Å². The standard InChI is InChI=1S/C23H33Si/c1-2-3-4-5-6-13-20-24(23-18-11-8-12-19-23)21-14-17-22-15-9-7-10-16-22/h7-12,15-16,18-19H,2-6,13-14,17,20-21H2,1H3. The topological polar surface area (TPSA) is 0 Å². The molecular formula is C23H33Si. The van der Waals surface area contributed by atoms with Crippen molar-refractivity contribution in [3.05, 3.63) is 66.2 Å². The fraction of sp³-hybridized carbons (Fsp3) is 0.478. The number of rotatable bonds is 12. The Hall–Kier alpha value is -1.34. The molecule has 0 N–H and O–H groups in total. The molecule has 0 amide bonds. The molecule has 0 aromatic heterocycles. The number of benzene rings is 2. The van der Waals surface area contributed by atoms with E-state index in [-0.39, 0.29) is 8.80 Å². The van der Waals surface area contributed by atoms with Crippen LogP contribution in [0.2, 0.25) is 12.1 Å². The van der Waals surface area contributed by atoms with Crippen LogP contribution >= 0.6 is 0 Å². The highest BCUT2D eigenvalue weighted by Crippen LogP contribution is 2.14. The summed E-state index contributed by atoms with van der Waals surface area (Å²) < 4.78 is 0. The lowest BCUT2D eigenvalue weighted by atomic mass is 10.1. The zero-order valence-corrected chi connectivity index (χ0v) is 16.3. The molecule has 0 nitrogen and oxygen atoms in total. The molecule has 2 aromatic carbocycles. The minimum Gasteiger partial charge on any atom is -0.0654 e. The Morgan fingerprint density at radius 2 is 1.21 bits per heavy atom. The van der Waals surface area contributed by atoms with Crippen LogP contribution in [-0.4, -0.2) is 8.80 Å². The third kappa shape index (κ3) is 7.48. The van der Waals surface area contributed by atoms with Crippen LogP contribution in [0, 0.1) is 0 Å². The van der Waals surface area contributed by atoms with Gasteiger partial charge in [-0.1, -0.05) is 130 Å². The van der Waals surface area contributed by atoms with Crippen molar-refractivity contribution in [2.45, 2.75) is 70.4 Å². The van der Waals surface area contributed by atoms with Crippen molar-refractivity contribution in [2.24, 2.45) is 0 Å². The van der Waals surface area contributed by atoms with E-state index in [1.807, 2.05) is 0 Å². The van der Waals surface area contributed by atoms with E-state index in [4.69, 9.17) is 0 Å². The molecule has 2 rings (SSSR count). The molecule has 0 aliphatic rings. The lowest BCUT2D eigenvalue weighted by Gasteiger charge is -2.15. The van der Waals surface area contributed by atoms with Gasteiger partial charge in [0.05, 0.1) is 8.80 Å². The SMILES string of the molecule is CCCCCCCC[Si](CCCc1ccccc1)c1ccccc1. The molecule has 1 radical (unpaired) electrons. The van der Waals surface area contributed by atoms with E-state index in [1.165, 1.54) is 69.0 Å². The van der Waals surface area contributed by atoms with Gasteiger partial charge in [-0.05, 0) is 12.0 Å². The van der Waals surface area contributed by atoms with Crippen LogP contribution in [0.3, 0.4) is 0 Å². The molecule has 2 aromatic rings. The molecule has 0 bridgehead atoms. The molecule has 0 atom stereocenters. The molecular weight excluding hydrogens is 304 g/mol. The second kappa shape index (κ2) is 12.1. The first-order valence-electron chi connectivity index (χ1n) is 9.84. The highest BCUT2D eigenvalue weighted by Gasteiger charge is 2.13. The zero-order chi connectivity index (χ0) is 16.9. The van der Waals surface area contributed by atoms with Crippen molar-refractivity contribution in [1.82, 2.24) is 0 Å². The Kier molecular flexibility index (Phi) is 9.56. The molecule has 0 heterocycles. The van der Waals surface area contributed by atoms with Gasteiger partial charge in [0.25, 0.3) is 0 Å². The molecule has 0 aliphatic carbocycles.